The number of benzene rings is 2. The lowest BCUT2D eigenvalue weighted by Crippen LogP contribution is -2.38. The van der Waals surface area contributed by atoms with Crippen LogP contribution in [0.5, 0.6) is 11.5 Å². The van der Waals surface area contributed by atoms with Gasteiger partial charge in [-0.3, -0.25) is 0 Å². The number of rotatable bonds is 8. The molecule has 3 atom stereocenters. The van der Waals surface area contributed by atoms with Crippen LogP contribution in [0.2, 0.25) is 0 Å². The van der Waals surface area contributed by atoms with Gasteiger partial charge >= 0.3 is 12.1 Å². The van der Waals surface area contributed by atoms with Crippen molar-refractivity contribution >= 4 is 5.97 Å². The summed E-state index contributed by atoms with van der Waals surface area (Å²) in [6.45, 7) is 4.35. The quantitative estimate of drug-likeness (QED) is 0.446. The summed E-state index contributed by atoms with van der Waals surface area (Å²) in [5, 5.41) is 12.7. The van der Waals surface area contributed by atoms with E-state index < -0.39 is 34.9 Å². The number of methoxy groups -OCH3 is 1. The number of halogens is 4. The standard InChI is InChI=1S/C25H29F4NO4/c1-14(15-6-9-20(26)22(13-15)33-4)30-18-8-5-16(11-18)17-7-10-21(19(12-17)25(27,28)29)34-24(2,3)23(31)32/h6-7,9-10,12-14,16,18,30H,5,8,11H2,1-4H3,(H,31,32). The van der Waals surface area contributed by atoms with Gasteiger partial charge in [-0.05, 0) is 81.3 Å². The predicted octanol–water partition coefficient (Wildman–Crippen LogP) is 6.08. The lowest BCUT2D eigenvalue weighted by molar-refractivity contribution is -0.155. The van der Waals surface area contributed by atoms with Crippen LogP contribution in [0.4, 0.5) is 17.6 Å². The van der Waals surface area contributed by atoms with Crippen molar-refractivity contribution in [3.05, 3.63) is 58.9 Å². The zero-order chi connectivity index (χ0) is 25.3. The van der Waals surface area contributed by atoms with Crippen LogP contribution in [0.25, 0.3) is 0 Å². The minimum Gasteiger partial charge on any atom is -0.494 e. The van der Waals surface area contributed by atoms with E-state index in [9.17, 15) is 27.5 Å². The van der Waals surface area contributed by atoms with Gasteiger partial charge < -0.3 is 19.9 Å². The first-order valence-corrected chi connectivity index (χ1v) is 11.0. The topological polar surface area (TPSA) is 67.8 Å². The molecule has 186 valence electrons. The molecule has 1 aliphatic rings. The molecule has 1 saturated carbocycles. The molecule has 0 radical (unpaired) electrons. The Hall–Kier alpha value is -2.81. The third-order valence-electron chi connectivity index (χ3n) is 6.25. The van der Waals surface area contributed by atoms with E-state index >= 15 is 0 Å². The summed E-state index contributed by atoms with van der Waals surface area (Å²) in [5.74, 6) is -2.24. The van der Waals surface area contributed by atoms with Crippen LogP contribution in [-0.2, 0) is 11.0 Å². The number of ether oxygens (including phenoxy) is 2. The Morgan fingerprint density at radius 3 is 2.44 bits per heavy atom. The van der Waals surface area contributed by atoms with Gasteiger partial charge in [0.25, 0.3) is 0 Å². The molecule has 3 rings (SSSR count). The van der Waals surface area contributed by atoms with Gasteiger partial charge in [-0.15, -0.1) is 0 Å². The molecular formula is C25H29F4NO4. The van der Waals surface area contributed by atoms with Gasteiger partial charge in [0.15, 0.2) is 17.2 Å². The van der Waals surface area contributed by atoms with Crippen molar-refractivity contribution in [1.29, 1.82) is 0 Å². The van der Waals surface area contributed by atoms with E-state index in [1.807, 2.05) is 6.92 Å². The van der Waals surface area contributed by atoms with E-state index in [0.29, 0.717) is 18.4 Å². The number of alkyl halides is 3. The number of carboxylic acid groups (broad SMARTS) is 1. The SMILES string of the molecule is COc1cc(C(C)NC2CCC(c3ccc(OC(C)(C)C(=O)O)c(C(F)(F)F)c3)C2)ccc1F. The fourth-order valence-corrected chi connectivity index (χ4v) is 4.26. The lowest BCUT2D eigenvalue weighted by Gasteiger charge is -2.25. The van der Waals surface area contributed by atoms with Crippen molar-refractivity contribution < 1.29 is 36.9 Å². The Morgan fingerprint density at radius 1 is 1.12 bits per heavy atom. The highest BCUT2D eigenvalue weighted by Gasteiger charge is 2.39. The van der Waals surface area contributed by atoms with Gasteiger partial charge in [-0.2, -0.15) is 13.2 Å². The van der Waals surface area contributed by atoms with Crippen LogP contribution in [0.1, 0.15) is 68.7 Å². The molecule has 2 N–H and O–H groups in total. The molecule has 2 aromatic carbocycles. The van der Waals surface area contributed by atoms with Crippen LogP contribution in [0.15, 0.2) is 36.4 Å². The van der Waals surface area contributed by atoms with Crippen molar-refractivity contribution in [3.8, 4) is 11.5 Å². The van der Waals surface area contributed by atoms with Gasteiger partial charge in [0.05, 0.1) is 12.7 Å². The molecule has 1 fully saturated rings. The Labute approximate surface area is 196 Å². The number of nitrogens with one attached hydrogen (secondary N) is 1. The van der Waals surface area contributed by atoms with Crippen LogP contribution >= 0.6 is 0 Å². The molecule has 2 aromatic rings. The fourth-order valence-electron chi connectivity index (χ4n) is 4.26. The highest BCUT2D eigenvalue weighted by atomic mass is 19.4. The van der Waals surface area contributed by atoms with Gasteiger partial charge in [0.1, 0.15) is 5.75 Å². The number of hydrogen-bond acceptors (Lipinski definition) is 4. The molecule has 5 nitrogen and oxygen atoms in total. The third kappa shape index (κ3) is 5.81. The van der Waals surface area contributed by atoms with Gasteiger partial charge in [0.2, 0.25) is 0 Å². The van der Waals surface area contributed by atoms with Gasteiger partial charge in [0, 0.05) is 12.1 Å². The second-order valence-electron chi connectivity index (χ2n) is 9.16. The molecule has 9 heteroatoms. The first-order valence-electron chi connectivity index (χ1n) is 11.0. The number of aliphatic carboxylic acids is 1. The Morgan fingerprint density at radius 2 is 1.82 bits per heavy atom. The summed E-state index contributed by atoms with van der Waals surface area (Å²) in [4.78, 5) is 11.3. The molecule has 34 heavy (non-hydrogen) atoms. The molecule has 1 aliphatic carbocycles. The monoisotopic (exact) mass is 483 g/mol. The van der Waals surface area contributed by atoms with Crippen molar-refractivity contribution in [3.63, 3.8) is 0 Å². The van der Waals surface area contributed by atoms with E-state index in [1.165, 1.54) is 33.1 Å². The smallest absolute Gasteiger partial charge is 0.419 e. The van der Waals surface area contributed by atoms with Gasteiger partial charge in [-0.25, -0.2) is 9.18 Å². The molecule has 0 spiro atoms. The summed E-state index contributed by atoms with van der Waals surface area (Å²) in [6.07, 6.45) is -2.57. The second-order valence-corrected chi connectivity index (χ2v) is 9.16. The highest BCUT2D eigenvalue weighted by Crippen LogP contribution is 2.42. The maximum Gasteiger partial charge on any atom is 0.419 e. The average Bonchev–Trinajstić information content (AvgIpc) is 3.21. The molecule has 0 saturated heterocycles. The normalized spacial score (nSPS) is 19.6. The second kappa shape index (κ2) is 9.82. The first-order chi connectivity index (χ1) is 15.8. The molecule has 0 aromatic heterocycles. The van der Waals surface area contributed by atoms with E-state index in [-0.39, 0.29) is 23.8 Å². The Balaban J connectivity index is 1.74. The molecule has 3 unspecified atom stereocenters. The van der Waals surface area contributed by atoms with Crippen LogP contribution < -0.4 is 14.8 Å². The van der Waals surface area contributed by atoms with E-state index in [4.69, 9.17) is 9.47 Å². The zero-order valence-corrected chi connectivity index (χ0v) is 19.5. The maximum absolute atomic E-state index is 13.7. The maximum atomic E-state index is 13.7. The largest absolute Gasteiger partial charge is 0.494 e. The van der Waals surface area contributed by atoms with E-state index in [2.05, 4.69) is 5.32 Å². The molecule has 0 amide bonds. The minimum atomic E-state index is -4.69. The lowest BCUT2D eigenvalue weighted by atomic mass is 9.94. The molecule has 0 bridgehead atoms. The summed E-state index contributed by atoms with van der Waals surface area (Å²) in [6, 6.07) is 8.47. The van der Waals surface area contributed by atoms with Crippen molar-refractivity contribution in [1.82, 2.24) is 5.32 Å². The zero-order valence-electron chi connectivity index (χ0n) is 19.5. The van der Waals surface area contributed by atoms with E-state index in [0.717, 1.165) is 18.1 Å². The average molecular weight is 484 g/mol. The summed E-state index contributed by atoms with van der Waals surface area (Å²) >= 11 is 0. The number of carbonyl (C=O) groups is 1. The van der Waals surface area contributed by atoms with E-state index in [1.54, 1.807) is 18.2 Å². The predicted molar refractivity (Wildman–Crippen MR) is 119 cm³/mol. The first kappa shape index (κ1) is 25.8. The van der Waals surface area contributed by atoms with Gasteiger partial charge in [-0.1, -0.05) is 12.1 Å². The van der Waals surface area contributed by atoms with Crippen molar-refractivity contribution in [2.75, 3.05) is 7.11 Å². The summed E-state index contributed by atoms with van der Waals surface area (Å²) in [7, 11) is 1.40. The Bertz CT molecular complexity index is 1040. The molecule has 0 aliphatic heterocycles. The van der Waals surface area contributed by atoms with Crippen LogP contribution in [0, 0.1) is 5.82 Å². The Kier molecular flexibility index (Phi) is 7.45. The van der Waals surface area contributed by atoms with Crippen molar-refractivity contribution in [2.45, 2.75) is 69.8 Å². The van der Waals surface area contributed by atoms with Crippen LogP contribution in [0.3, 0.4) is 0 Å². The minimum absolute atomic E-state index is 0.0762. The summed E-state index contributed by atoms with van der Waals surface area (Å²) < 4.78 is 65.2. The number of hydrogen-bond donors (Lipinski definition) is 2. The third-order valence-corrected chi connectivity index (χ3v) is 6.25. The number of carboxylic acids is 1. The summed E-state index contributed by atoms with van der Waals surface area (Å²) in [5.41, 5.74) is -1.40. The fraction of sp³-hybridized carbons (Fsp3) is 0.480. The van der Waals surface area contributed by atoms with Crippen LogP contribution in [-0.4, -0.2) is 29.8 Å². The molecular weight excluding hydrogens is 454 g/mol. The molecule has 0 heterocycles. The van der Waals surface area contributed by atoms with Crippen molar-refractivity contribution in [2.24, 2.45) is 0 Å². The highest BCUT2D eigenvalue weighted by molar-refractivity contribution is 5.76.